The van der Waals surface area contributed by atoms with Crippen LogP contribution < -0.4 is 10.1 Å². The quantitative estimate of drug-likeness (QED) is 0.919. The molecule has 1 amide bonds. The Morgan fingerprint density at radius 1 is 1.48 bits per heavy atom. The van der Waals surface area contributed by atoms with E-state index in [1.54, 1.807) is 0 Å². The molecule has 1 atom stereocenters. The first kappa shape index (κ1) is 16.3. The van der Waals surface area contributed by atoms with Crippen LogP contribution in [0.2, 0.25) is 4.34 Å². The molecule has 6 heteroatoms. The van der Waals surface area contributed by atoms with Gasteiger partial charge in [0.15, 0.2) is 0 Å². The normalized spacial score (nSPS) is 17.0. The lowest BCUT2D eigenvalue weighted by molar-refractivity contribution is -0.125. The molecule has 2 aromatic rings. The van der Waals surface area contributed by atoms with E-state index in [9.17, 15) is 4.79 Å². The van der Waals surface area contributed by atoms with Crippen LogP contribution in [0.1, 0.15) is 22.7 Å². The lowest BCUT2D eigenvalue weighted by Gasteiger charge is -2.13. The van der Waals surface area contributed by atoms with Crippen LogP contribution in [0.15, 0.2) is 24.3 Å². The summed E-state index contributed by atoms with van der Waals surface area (Å²) in [7, 11) is 0. The lowest BCUT2D eigenvalue weighted by Crippen LogP contribution is -2.33. The molecule has 1 aliphatic rings. The molecule has 1 aromatic heterocycles. The van der Waals surface area contributed by atoms with Gasteiger partial charge in [0, 0.05) is 18.9 Å². The highest BCUT2D eigenvalue weighted by molar-refractivity contribution is 7.16. The largest absolute Gasteiger partial charge is 0.493 e. The first-order valence-electron chi connectivity index (χ1n) is 7.73. The van der Waals surface area contributed by atoms with Crippen molar-refractivity contribution in [2.24, 2.45) is 5.92 Å². The molecule has 0 aliphatic carbocycles. The monoisotopic (exact) mass is 350 g/mol. The molecule has 0 unspecified atom stereocenters. The van der Waals surface area contributed by atoms with Gasteiger partial charge >= 0.3 is 0 Å². The number of nitrogens with zero attached hydrogens (tertiary/aromatic N) is 1. The summed E-state index contributed by atoms with van der Waals surface area (Å²) in [5, 5.41) is 3.98. The van der Waals surface area contributed by atoms with E-state index in [0.29, 0.717) is 19.6 Å². The Balaban J connectivity index is 1.54. The zero-order valence-corrected chi connectivity index (χ0v) is 14.5. The van der Waals surface area contributed by atoms with E-state index >= 15 is 0 Å². The van der Waals surface area contributed by atoms with Crippen molar-refractivity contribution in [3.8, 4) is 5.75 Å². The van der Waals surface area contributed by atoms with Crippen molar-refractivity contribution in [1.29, 1.82) is 0 Å². The fraction of sp³-hybridized carbons (Fsp3) is 0.412. The number of halogens is 1. The maximum atomic E-state index is 12.4. The zero-order chi connectivity index (χ0) is 16.2. The maximum absolute atomic E-state index is 12.4. The molecule has 3 rings (SSSR count). The number of carbonyl (C=O) groups is 1. The molecule has 2 heterocycles. The fourth-order valence-corrected chi connectivity index (χ4v) is 3.79. The minimum absolute atomic E-state index is 0.0414. The van der Waals surface area contributed by atoms with Crippen LogP contribution in [-0.2, 0) is 17.6 Å². The van der Waals surface area contributed by atoms with Gasteiger partial charge in [0.05, 0.1) is 17.3 Å². The lowest BCUT2D eigenvalue weighted by atomic mass is 9.96. The summed E-state index contributed by atoms with van der Waals surface area (Å²) in [6.45, 7) is 3.06. The van der Waals surface area contributed by atoms with Gasteiger partial charge in [-0.2, -0.15) is 0 Å². The number of benzene rings is 1. The molecule has 0 saturated carbocycles. The predicted molar refractivity (Wildman–Crippen MR) is 92.3 cm³/mol. The van der Waals surface area contributed by atoms with Gasteiger partial charge in [0.2, 0.25) is 5.91 Å². The number of nitrogens with one attached hydrogen (secondary N) is 1. The number of hydrogen-bond donors (Lipinski definition) is 1. The summed E-state index contributed by atoms with van der Waals surface area (Å²) in [5.74, 6) is 0.945. The van der Waals surface area contributed by atoms with Crippen molar-refractivity contribution in [1.82, 2.24) is 10.3 Å². The number of thiazole rings is 1. The van der Waals surface area contributed by atoms with Gasteiger partial charge in [-0.1, -0.05) is 29.8 Å². The summed E-state index contributed by atoms with van der Waals surface area (Å²) in [5.41, 5.74) is 1.96. The minimum atomic E-state index is -0.0414. The number of amides is 1. The number of aromatic nitrogens is 1. The van der Waals surface area contributed by atoms with Gasteiger partial charge in [0.25, 0.3) is 0 Å². The summed E-state index contributed by atoms with van der Waals surface area (Å²) in [4.78, 5) is 16.8. The average molecular weight is 351 g/mol. The van der Waals surface area contributed by atoms with E-state index in [-0.39, 0.29) is 11.8 Å². The Morgan fingerprint density at radius 3 is 3.09 bits per heavy atom. The zero-order valence-electron chi connectivity index (χ0n) is 13.0. The van der Waals surface area contributed by atoms with E-state index in [2.05, 4.69) is 10.3 Å². The SMILES string of the molecule is Cc1nc(CCNC(=O)[C@@H]2CCOc3ccccc3C2)sc1Cl. The van der Waals surface area contributed by atoms with Crippen molar-refractivity contribution in [2.45, 2.75) is 26.2 Å². The fourth-order valence-electron chi connectivity index (χ4n) is 2.69. The molecule has 122 valence electrons. The second-order valence-corrected chi connectivity index (χ2v) is 7.34. The molecule has 4 nitrogen and oxygen atoms in total. The Hall–Kier alpha value is -1.59. The number of rotatable bonds is 4. The van der Waals surface area contributed by atoms with Gasteiger partial charge < -0.3 is 10.1 Å². The van der Waals surface area contributed by atoms with Crippen molar-refractivity contribution in [3.63, 3.8) is 0 Å². The summed E-state index contributed by atoms with van der Waals surface area (Å²) in [6.07, 6.45) is 2.18. The third-order valence-electron chi connectivity index (χ3n) is 3.96. The first-order chi connectivity index (χ1) is 11.1. The molecule has 1 aromatic carbocycles. The highest BCUT2D eigenvalue weighted by Crippen LogP contribution is 2.27. The van der Waals surface area contributed by atoms with Crippen LogP contribution in [0, 0.1) is 12.8 Å². The van der Waals surface area contributed by atoms with Crippen molar-refractivity contribution in [2.75, 3.05) is 13.2 Å². The molecule has 0 spiro atoms. The third-order valence-corrected chi connectivity index (χ3v) is 5.47. The van der Waals surface area contributed by atoms with E-state index in [0.717, 1.165) is 39.2 Å². The van der Waals surface area contributed by atoms with Gasteiger partial charge in [-0.25, -0.2) is 4.98 Å². The van der Waals surface area contributed by atoms with E-state index < -0.39 is 0 Å². The van der Waals surface area contributed by atoms with Gasteiger partial charge in [0.1, 0.15) is 10.1 Å². The highest BCUT2D eigenvalue weighted by Gasteiger charge is 2.23. The Bertz CT molecular complexity index is 682. The number of fused-ring (bicyclic) bond motifs is 1. The van der Waals surface area contributed by atoms with E-state index in [1.807, 2.05) is 31.2 Å². The number of ether oxygens (including phenoxy) is 1. The molecule has 0 radical (unpaired) electrons. The molecule has 0 saturated heterocycles. The second-order valence-electron chi connectivity index (χ2n) is 5.65. The van der Waals surface area contributed by atoms with E-state index in [4.69, 9.17) is 16.3 Å². The third kappa shape index (κ3) is 4.03. The molecule has 1 N–H and O–H groups in total. The minimum Gasteiger partial charge on any atom is -0.493 e. The Morgan fingerprint density at radius 2 is 2.30 bits per heavy atom. The highest BCUT2D eigenvalue weighted by atomic mass is 35.5. The second kappa shape index (κ2) is 7.32. The molecule has 0 bridgehead atoms. The number of carbonyl (C=O) groups excluding carboxylic acids is 1. The van der Waals surface area contributed by atoms with Gasteiger partial charge in [-0.05, 0) is 31.4 Å². The van der Waals surface area contributed by atoms with Crippen molar-refractivity contribution >= 4 is 28.8 Å². The molecular weight excluding hydrogens is 332 g/mol. The standard InChI is InChI=1S/C17H19ClN2O2S/c1-11-16(18)23-15(20-11)6-8-19-17(21)13-7-9-22-14-5-3-2-4-12(14)10-13/h2-5,13H,6-10H2,1H3,(H,19,21)/t13-/m1/s1. The summed E-state index contributed by atoms with van der Waals surface area (Å²) < 4.78 is 6.44. The number of hydrogen-bond acceptors (Lipinski definition) is 4. The van der Waals surface area contributed by atoms with Crippen LogP contribution in [0.5, 0.6) is 5.75 Å². The van der Waals surface area contributed by atoms with Crippen molar-refractivity contribution < 1.29 is 9.53 Å². The molecular formula is C17H19ClN2O2S. The van der Waals surface area contributed by atoms with Gasteiger partial charge in [-0.3, -0.25) is 4.79 Å². The van der Waals surface area contributed by atoms with E-state index in [1.165, 1.54) is 11.3 Å². The molecule has 0 fully saturated rings. The van der Waals surface area contributed by atoms with Crippen LogP contribution in [0.25, 0.3) is 0 Å². The summed E-state index contributed by atoms with van der Waals surface area (Å²) >= 11 is 7.49. The number of para-hydroxylation sites is 1. The topological polar surface area (TPSA) is 51.2 Å². The maximum Gasteiger partial charge on any atom is 0.223 e. The van der Waals surface area contributed by atoms with Crippen LogP contribution >= 0.6 is 22.9 Å². The first-order valence-corrected chi connectivity index (χ1v) is 8.93. The Labute approximate surface area is 144 Å². The number of aryl methyl sites for hydroxylation is 1. The smallest absolute Gasteiger partial charge is 0.223 e. The van der Waals surface area contributed by atoms with Gasteiger partial charge in [-0.15, -0.1) is 11.3 Å². The molecule has 23 heavy (non-hydrogen) atoms. The average Bonchev–Trinajstić information content (AvgIpc) is 2.75. The van der Waals surface area contributed by atoms with Crippen LogP contribution in [-0.4, -0.2) is 24.0 Å². The predicted octanol–water partition coefficient (Wildman–Crippen LogP) is 3.41. The van der Waals surface area contributed by atoms with Crippen LogP contribution in [0.3, 0.4) is 0 Å². The summed E-state index contributed by atoms with van der Waals surface area (Å²) in [6, 6.07) is 7.93. The van der Waals surface area contributed by atoms with Crippen LogP contribution in [0.4, 0.5) is 0 Å². The Kier molecular flexibility index (Phi) is 5.18. The van der Waals surface area contributed by atoms with Crippen molar-refractivity contribution in [3.05, 3.63) is 44.9 Å². The molecule has 1 aliphatic heterocycles.